The van der Waals surface area contributed by atoms with Gasteiger partial charge in [0.2, 0.25) is 10.0 Å². The maximum atomic E-state index is 13.1. The smallest absolute Gasteiger partial charge is 0.244 e. The van der Waals surface area contributed by atoms with Crippen molar-refractivity contribution < 1.29 is 8.42 Å². The number of piperazine rings is 1. The van der Waals surface area contributed by atoms with Crippen molar-refractivity contribution in [1.29, 1.82) is 0 Å². The van der Waals surface area contributed by atoms with Crippen molar-refractivity contribution >= 4 is 39.0 Å². The molecule has 0 N–H and O–H groups in total. The molecule has 1 saturated heterocycles. The van der Waals surface area contributed by atoms with E-state index in [0.717, 1.165) is 5.82 Å². The molecule has 1 fully saturated rings. The largest absolute Gasteiger partial charge is 0.354 e. The number of benzene rings is 1. The van der Waals surface area contributed by atoms with E-state index in [1.54, 1.807) is 30.2 Å². The molecule has 0 aliphatic carbocycles. The van der Waals surface area contributed by atoms with Crippen molar-refractivity contribution in [3.05, 3.63) is 58.9 Å². The molecule has 0 atom stereocenters. The first-order chi connectivity index (χ1) is 13.9. The van der Waals surface area contributed by atoms with E-state index in [2.05, 4.69) is 15.0 Å². The molecule has 1 aliphatic rings. The second kappa shape index (κ2) is 7.91. The molecule has 29 heavy (non-hydrogen) atoms. The molecule has 0 saturated carbocycles. The zero-order chi connectivity index (χ0) is 20.6. The van der Waals surface area contributed by atoms with Crippen LogP contribution in [0.2, 0.25) is 10.0 Å². The SMILES string of the molecule is Cc1cc(S(=O)(=O)N2CCN(c3cc(-n4ccnc4)ncn3)CC2)c(Cl)cc1Cl. The quantitative estimate of drug-likeness (QED) is 0.604. The summed E-state index contributed by atoms with van der Waals surface area (Å²) in [6.45, 7) is 3.41. The van der Waals surface area contributed by atoms with Gasteiger partial charge < -0.3 is 4.90 Å². The molecule has 0 amide bonds. The van der Waals surface area contributed by atoms with Crippen LogP contribution in [0.5, 0.6) is 0 Å². The van der Waals surface area contributed by atoms with Gasteiger partial charge in [0.1, 0.15) is 29.2 Å². The average molecular weight is 453 g/mol. The topological polar surface area (TPSA) is 84.2 Å². The summed E-state index contributed by atoms with van der Waals surface area (Å²) in [5, 5.41) is 0.569. The molecular weight excluding hydrogens is 435 g/mol. The van der Waals surface area contributed by atoms with Gasteiger partial charge in [0.15, 0.2) is 0 Å². The van der Waals surface area contributed by atoms with Crippen molar-refractivity contribution in [2.75, 3.05) is 31.1 Å². The van der Waals surface area contributed by atoms with Crippen LogP contribution in [-0.4, -0.2) is 58.4 Å². The minimum absolute atomic E-state index is 0.0824. The lowest BCUT2D eigenvalue weighted by Gasteiger charge is -2.34. The second-order valence-corrected chi connectivity index (χ2v) is 9.35. The van der Waals surface area contributed by atoms with E-state index >= 15 is 0 Å². The number of halogens is 2. The average Bonchev–Trinajstić information content (AvgIpc) is 3.26. The van der Waals surface area contributed by atoms with Gasteiger partial charge in [-0.2, -0.15) is 4.31 Å². The standard InChI is InChI=1S/C18H18Cl2N6O2S/c1-13-8-16(15(20)9-14(13)19)29(27,28)26-6-4-24(5-7-26)17-10-18(23-11-22-17)25-3-2-21-12-25/h2-3,8-12H,4-7H2,1H3. The Morgan fingerprint density at radius 1 is 0.966 bits per heavy atom. The summed E-state index contributed by atoms with van der Waals surface area (Å²) in [5.41, 5.74) is 0.668. The van der Waals surface area contributed by atoms with Crippen molar-refractivity contribution in [3.63, 3.8) is 0 Å². The molecule has 0 unspecified atom stereocenters. The molecule has 2 aromatic heterocycles. The van der Waals surface area contributed by atoms with Crippen LogP contribution >= 0.6 is 23.2 Å². The highest BCUT2D eigenvalue weighted by Crippen LogP contribution is 2.31. The summed E-state index contributed by atoms with van der Waals surface area (Å²) in [6.07, 6.45) is 6.63. The number of hydrogen-bond donors (Lipinski definition) is 0. The van der Waals surface area contributed by atoms with Gasteiger partial charge in [0.05, 0.1) is 5.02 Å². The van der Waals surface area contributed by atoms with Gasteiger partial charge in [0.25, 0.3) is 0 Å². The Labute approximate surface area is 178 Å². The first-order valence-electron chi connectivity index (χ1n) is 8.87. The van der Waals surface area contributed by atoms with Crippen molar-refractivity contribution in [2.45, 2.75) is 11.8 Å². The first-order valence-corrected chi connectivity index (χ1v) is 11.1. The molecule has 0 radical (unpaired) electrons. The van der Waals surface area contributed by atoms with Gasteiger partial charge in [-0.3, -0.25) is 4.57 Å². The number of hydrogen-bond acceptors (Lipinski definition) is 6. The maximum Gasteiger partial charge on any atom is 0.244 e. The number of sulfonamides is 1. The summed E-state index contributed by atoms with van der Waals surface area (Å²) in [6, 6.07) is 4.85. The van der Waals surface area contributed by atoms with E-state index in [4.69, 9.17) is 23.2 Å². The molecular formula is C18H18Cl2N6O2S. The minimum Gasteiger partial charge on any atom is -0.354 e. The van der Waals surface area contributed by atoms with Gasteiger partial charge >= 0.3 is 0 Å². The van der Waals surface area contributed by atoms with Crippen LogP contribution in [0.25, 0.3) is 5.82 Å². The van der Waals surface area contributed by atoms with Crippen LogP contribution in [0.15, 0.2) is 48.1 Å². The third-order valence-electron chi connectivity index (χ3n) is 4.80. The number of anilines is 1. The monoisotopic (exact) mass is 452 g/mol. The Bertz CT molecular complexity index is 1130. The third-order valence-corrected chi connectivity index (χ3v) is 7.57. The molecule has 11 heteroatoms. The highest BCUT2D eigenvalue weighted by atomic mass is 35.5. The number of aryl methyl sites for hydroxylation is 1. The lowest BCUT2D eigenvalue weighted by atomic mass is 10.2. The lowest BCUT2D eigenvalue weighted by molar-refractivity contribution is 0.383. The lowest BCUT2D eigenvalue weighted by Crippen LogP contribution is -2.49. The van der Waals surface area contributed by atoms with Crippen LogP contribution in [0.1, 0.15) is 5.56 Å². The molecule has 0 bridgehead atoms. The molecule has 8 nitrogen and oxygen atoms in total. The zero-order valence-electron chi connectivity index (χ0n) is 15.5. The molecule has 1 aliphatic heterocycles. The van der Waals surface area contributed by atoms with E-state index in [9.17, 15) is 8.42 Å². The molecule has 3 heterocycles. The number of aromatic nitrogens is 4. The minimum atomic E-state index is -3.71. The Hall–Kier alpha value is -2.20. The number of imidazole rings is 1. The number of nitrogens with zero attached hydrogens (tertiary/aromatic N) is 6. The fourth-order valence-electron chi connectivity index (χ4n) is 3.17. The Balaban J connectivity index is 1.51. The van der Waals surface area contributed by atoms with Crippen molar-refractivity contribution in [3.8, 4) is 5.82 Å². The van der Waals surface area contributed by atoms with Gasteiger partial charge in [-0.05, 0) is 24.6 Å². The van der Waals surface area contributed by atoms with Crippen molar-refractivity contribution in [1.82, 2.24) is 23.8 Å². The van der Waals surface area contributed by atoms with Gasteiger partial charge in [-0.1, -0.05) is 23.2 Å². The summed E-state index contributed by atoms with van der Waals surface area (Å²) in [5.74, 6) is 1.44. The van der Waals surface area contributed by atoms with Gasteiger partial charge in [-0.15, -0.1) is 0 Å². The van der Waals surface area contributed by atoms with Gasteiger partial charge in [-0.25, -0.2) is 23.4 Å². The van der Waals surface area contributed by atoms with Gasteiger partial charge in [0, 0.05) is 49.7 Å². The molecule has 152 valence electrons. The van der Waals surface area contributed by atoms with E-state index in [0.29, 0.717) is 42.6 Å². The van der Waals surface area contributed by atoms with Crippen LogP contribution < -0.4 is 4.90 Å². The Morgan fingerprint density at radius 3 is 2.38 bits per heavy atom. The normalized spacial score (nSPS) is 15.6. The molecule has 3 aromatic rings. The second-order valence-electron chi connectivity index (χ2n) is 6.63. The fraction of sp³-hybridized carbons (Fsp3) is 0.278. The van der Waals surface area contributed by atoms with Crippen LogP contribution in [0, 0.1) is 6.92 Å². The summed E-state index contributed by atoms with van der Waals surface area (Å²) < 4.78 is 29.4. The van der Waals surface area contributed by atoms with E-state index in [1.807, 2.05) is 11.0 Å². The Kier molecular flexibility index (Phi) is 5.48. The highest BCUT2D eigenvalue weighted by molar-refractivity contribution is 7.89. The molecule has 4 rings (SSSR count). The number of rotatable bonds is 4. The van der Waals surface area contributed by atoms with Crippen LogP contribution in [0.4, 0.5) is 5.82 Å². The predicted octanol–water partition coefficient (Wildman–Crippen LogP) is 2.79. The Morgan fingerprint density at radius 2 is 1.69 bits per heavy atom. The van der Waals surface area contributed by atoms with Crippen LogP contribution in [0.3, 0.4) is 0 Å². The summed E-state index contributed by atoms with van der Waals surface area (Å²) in [7, 11) is -3.71. The van der Waals surface area contributed by atoms with Crippen LogP contribution in [-0.2, 0) is 10.0 Å². The summed E-state index contributed by atoms with van der Waals surface area (Å²) in [4.78, 5) is 14.7. The third kappa shape index (κ3) is 3.95. The van der Waals surface area contributed by atoms with E-state index in [1.165, 1.54) is 22.8 Å². The first kappa shape index (κ1) is 20.1. The maximum absolute atomic E-state index is 13.1. The van der Waals surface area contributed by atoms with E-state index in [-0.39, 0.29) is 9.92 Å². The molecule has 0 spiro atoms. The fourth-order valence-corrected chi connectivity index (χ4v) is 5.40. The summed E-state index contributed by atoms with van der Waals surface area (Å²) >= 11 is 12.2. The molecule has 1 aromatic carbocycles. The highest BCUT2D eigenvalue weighted by Gasteiger charge is 2.31. The predicted molar refractivity (Wildman–Crippen MR) is 111 cm³/mol. The van der Waals surface area contributed by atoms with Crippen molar-refractivity contribution in [2.24, 2.45) is 0 Å². The zero-order valence-corrected chi connectivity index (χ0v) is 17.9. The van der Waals surface area contributed by atoms with E-state index < -0.39 is 10.0 Å².